The van der Waals surface area contributed by atoms with Gasteiger partial charge in [-0.2, -0.15) is 0 Å². The van der Waals surface area contributed by atoms with E-state index in [9.17, 15) is 9.59 Å². The van der Waals surface area contributed by atoms with Crippen LogP contribution in [0.3, 0.4) is 0 Å². The smallest absolute Gasteiger partial charge is 0.256 e. The van der Waals surface area contributed by atoms with Crippen LogP contribution in [-0.2, 0) is 0 Å². The van der Waals surface area contributed by atoms with Crippen molar-refractivity contribution in [3.8, 4) is 0 Å². The number of nitrogens with two attached hydrogens (primary N) is 1. The lowest BCUT2D eigenvalue weighted by Gasteiger charge is -2.37. The molecule has 0 aliphatic carbocycles. The standard InChI is InChI=1S/C11H16N4O2/c1-15(6-4-13-5-7-15)11-8(10(12)17)2-3-9(16)14-11/h2-3,13H,4-7H2,1H3,(H2-,12,14,16,17)/p+1. The molecule has 4 N–H and O–H groups in total. The number of nitrogens with zero attached hydrogens (tertiary/aromatic N) is 1. The third-order valence-corrected chi connectivity index (χ3v) is 3.27. The van der Waals surface area contributed by atoms with Crippen molar-refractivity contribution in [3.63, 3.8) is 0 Å². The number of aromatic nitrogens is 1. The lowest BCUT2D eigenvalue weighted by Crippen LogP contribution is -2.58. The quantitative estimate of drug-likeness (QED) is 0.577. The second-order valence-electron chi connectivity index (χ2n) is 4.54. The molecule has 1 aliphatic heterocycles. The summed E-state index contributed by atoms with van der Waals surface area (Å²) in [6.07, 6.45) is 0. The van der Waals surface area contributed by atoms with Crippen LogP contribution >= 0.6 is 0 Å². The van der Waals surface area contributed by atoms with Gasteiger partial charge in [0.05, 0.1) is 20.1 Å². The number of nitrogens with one attached hydrogen (secondary N) is 2. The Bertz CT molecular complexity index is 488. The highest BCUT2D eigenvalue weighted by Crippen LogP contribution is 2.22. The Morgan fingerprint density at radius 3 is 2.59 bits per heavy atom. The first kappa shape index (κ1) is 11.8. The third kappa shape index (κ3) is 2.22. The van der Waals surface area contributed by atoms with Gasteiger partial charge in [-0.05, 0) is 6.07 Å². The van der Waals surface area contributed by atoms with E-state index in [1.807, 2.05) is 7.05 Å². The van der Waals surface area contributed by atoms with Crippen LogP contribution in [0.5, 0.6) is 0 Å². The summed E-state index contributed by atoms with van der Waals surface area (Å²) in [7, 11) is 2.00. The van der Waals surface area contributed by atoms with Crippen LogP contribution in [0.25, 0.3) is 0 Å². The van der Waals surface area contributed by atoms with Gasteiger partial charge in [-0.3, -0.25) is 19.1 Å². The molecule has 1 aromatic heterocycles. The van der Waals surface area contributed by atoms with Crippen LogP contribution < -0.4 is 21.1 Å². The van der Waals surface area contributed by atoms with Gasteiger partial charge in [-0.25, -0.2) is 0 Å². The Morgan fingerprint density at radius 2 is 2.00 bits per heavy atom. The average molecular weight is 237 g/mol. The fourth-order valence-electron chi connectivity index (χ4n) is 2.20. The van der Waals surface area contributed by atoms with Gasteiger partial charge in [0.1, 0.15) is 5.56 Å². The van der Waals surface area contributed by atoms with E-state index < -0.39 is 5.91 Å². The molecule has 0 unspecified atom stereocenters. The first-order chi connectivity index (χ1) is 8.03. The number of pyridine rings is 1. The van der Waals surface area contributed by atoms with Gasteiger partial charge < -0.3 is 11.1 Å². The maximum atomic E-state index is 11.4. The summed E-state index contributed by atoms with van der Waals surface area (Å²) in [5.41, 5.74) is 5.54. The monoisotopic (exact) mass is 237 g/mol. The molecule has 0 radical (unpaired) electrons. The molecule has 0 atom stereocenters. The third-order valence-electron chi connectivity index (χ3n) is 3.27. The molecule has 92 valence electrons. The number of quaternary nitrogens is 1. The molecule has 0 aromatic carbocycles. The number of primary amides is 1. The normalized spacial score (nSPS) is 18.9. The van der Waals surface area contributed by atoms with Crippen molar-refractivity contribution in [2.45, 2.75) is 0 Å². The molecule has 1 aliphatic rings. The minimum Gasteiger partial charge on any atom is -0.365 e. The Labute approximate surface area is 99.0 Å². The molecule has 1 aromatic rings. The Balaban J connectivity index is 2.52. The molecule has 6 nitrogen and oxygen atoms in total. The zero-order valence-electron chi connectivity index (χ0n) is 9.82. The van der Waals surface area contributed by atoms with Crippen LogP contribution in [0, 0.1) is 0 Å². The van der Waals surface area contributed by atoms with Gasteiger partial charge in [-0.15, -0.1) is 0 Å². The lowest BCUT2D eigenvalue weighted by molar-refractivity contribution is 0.0997. The fourth-order valence-corrected chi connectivity index (χ4v) is 2.20. The van der Waals surface area contributed by atoms with Crippen LogP contribution in [0.1, 0.15) is 10.4 Å². The van der Waals surface area contributed by atoms with Gasteiger partial charge in [0, 0.05) is 19.2 Å². The number of H-pyrrole nitrogens is 1. The number of hydrogen-bond acceptors (Lipinski definition) is 3. The van der Waals surface area contributed by atoms with E-state index in [-0.39, 0.29) is 5.56 Å². The number of hydrogen-bond donors (Lipinski definition) is 3. The van der Waals surface area contributed by atoms with Crippen LogP contribution in [0.2, 0.25) is 0 Å². The maximum Gasteiger partial charge on any atom is 0.256 e. The van der Waals surface area contributed by atoms with Crippen molar-refractivity contribution in [1.29, 1.82) is 0 Å². The summed E-state index contributed by atoms with van der Waals surface area (Å²) in [4.78, 5) is 25.6. The summed E-state index contributed by atoms with van der Waals surface area (Å²) >= 11 is 0. The number of aromatic amines is 1. The van der Waals surface area contributed by atoms with E-state index in [4.69, 9.17) is 5.73 Å². The van der Waals surface area contributed by atoms with E-state index in [0.29, 0.717) is 15.9 Å². The van der Waals surface area contributed by atoms with Crippen LogP contribution in [-0.4, -0.2) is 44.1 Å². The molecular weight excluding hydrogens is 220 g/mol. The zero-order chi connectivity index (χ0) is 12.5. The zero-order valence-corrected chi connectivity index (χ0v) is 9.82. The molecule has 17 heavy (non-hydrogen) atoms. The van der Waals surface area contributed by atoms with Crippen molar-refractivity contribution in [3.05, 3.63) is 28.0 Å². The molecule has 2 rings (SSSR count). The number of amides is 1. The second-order valence-corrected chi connectivity index (χ2v) is 4.54. The second kappa shape index (κ2) is 4.31. The van der Waals surface area contributed by atoms with Crippen molar-refractivity contribution in [2.24, 2.45) is 5.73 Å². The van der Waals surface area contributed by atoms with Gasteiger partial charge in [-0.1, -0.05) is 0 Å². The molecule has 0 spiro atoms. The highest BCUT2D eigenvalue weighted by Gasteiger charge is 2.32. The first-order valence-corrected chi connectivity index (χ1v) is 5.62. The summed E-state index contributed by atoms with van der Waals surface area (Å²) in [6.45, 7) is 3.34. The predicted octanol–water partition coefficient (Wildman–Crippen LogP) is -0.986. The average Bonchev–Trinajstić information content (AvgIpc) is 2.29. The van der Waals surface area contributed by atoms with Crippen LogP contribution in [0.4, 0.5) is 5.82 Å². The molecule has 1 saturated heterocycles. The van der Waals surface area contributed by atoms with E-state index in [2.05, 4.69) is 10.3 Å². The van der Waals surface area contributed by atoms with E-state index >= 15 is 0 Å². The first-order valence-electron chi connectivity index (χ1n) is 5.62. The van der Waals surface area contributed by atoms with Crippen molar-refractivity contribution >= 4 is 11.7 Å². The summed E-state index contributed by atoms with van der Waals surface area (Å²) in [5, 5.41) is 3.25. The molecule has 0 saturated carbocycles. The van der Waals surface area contributed by atoms with E-state index in [1.54, 1.807) is 0 Å². The summed E-state index contributed by atoms with van der Waals surface area (Å²) in [5.74, 6) is 0.112. The van der Waals surface area contributed by atoms with Crippen molar-refractivity contribution in [2.75, 3.05) is 33.2 Å². The number of carbonyl (C=O) groups is 1. The molecular formula is C11H17N4O2+. The lowest BCUT2D eigenvalue weighted by atomic mass is 10.2. The van der Waals surface area contributed by atoms with Crippen LogP contribution in [0.15, 0.2) is 16.9 Å². The summed E-state index contributed by atoms with van der Waals surface area (Å²) < 4.78 is 0.529. The Morgan fingerprint density at radius 1 is 1.35 bits per heavy atom. The number of piperazine rings is 1. The Kier molecular flexibility index (Phi) is 2.99. The highest BCUT2D eigenvalue weighted by atomic mass is 16.1. The van der Waals surface area contributed by atoms with Crippen molar-refractivity contribution in [1.82, 2.24) is 14.8 Å². The topological polar surface area (TPSA) is 88.0 Å². The minimum absolute atomic E-state index is 0.206. The largest absolute Gasteiger partial charge is 0.365 e. The number of rotatable bonds is 2. The van der Waals surface area contributed by atoms with Gasteiger partial charge in [0.25, 0.3) is 11.5 Å². The van der Waals surface area contributed by atoms with E-state index in [1.165, 1.54) is 12.1 Å². The molecule has 2 heterocycles. The number of carbonyl (C=O) groups excluding carboxylic acids is 1. The molecule has 1 fully saturated rings. The predicted molar refractivity (Wildman–Crippen MR) is 65.9 cm³/mol. The van der Waals surface area contributed by atoms with Gasteiger partial charge in [0.15, 0.2) is 0 Å². The summed E-state index contributed by atoms with van der Waals surface area (Å²) in [6, 6.07) is 2.83. The molecule has 6 heteroatoms. The highest BCUT2D eigenvalue weighted by molar-refractivity contribution is 5.97. The fraction of sp³-hybridized carbons (Fsp3) is 0.455. The molecule has 1 amide bonds. The Hall–Kier alpha value is -1.66. The van der Waals surface area contributed by atoms with Gasteiger partial charge >= 0.3 is 0 Å². The van der Waals surface area contributed by atoms with Crippen molar-refractivity contribution < 1.29 is 4.79 Å². The molecule has 0 bridgehead atoms. The van der Waals surface area contributed by atoms with E-state index in [0.717, 1.165) is 26.2 Å². The maximum absolute atomic E-state index is 11.4. The minimum atomic E-state index is -0.505. The SMILES string of the molecule is C[N+]1(c2[nH]c(=O)ccc2C(N)=O)CCNCC1. The van der Waals surface area contributed by atoms with Gasteiger partial charge in [0.2, 0.25) is 5.82 Å². The number of likely N-dealkylation sites (N-methyl/N-ethyl adjacent to an activating group) is 1.